The summed E-state index contributed by atoms with van der Waals surface area (Å²) >= 11 is 0. The molecule has 2 aromatic carbocycles. The lowest BCUT2D eigenvalue weighted by Crippen LogP contribution is -2.48. The summed E-state index contributed by atoms with van der Waals surface area (Å²) in [6.07, 6.45) is 0. The van der Waals surface area contributed by atoms with Crippen LogP contribution in [0.15, 0.2) is 48.5 Å². The smallest absolute Gasteiger partial charge is 0.327 e. The molecule has 3 amide bonds. The minimum atomic E-state index is -0.927. The highest BCUT2D eigenvalue weighted by Crippen LogP contribution is 2.29. The van der Waals surface area contributed by atoms with Crippen molar-refractivity contribution in [3.8, 4) is 0 Å². The van der Waals surface area contributed by atoms with Crippen LogP contribution in [0.3, 0.4) is 0 Å². The van der Waals surface area contributed by atoms with E-state index in [2.05, 4.69) is 0 Å². The fraction of sp³-hybridized carbons (Fsp3) is 0.238. The summed E-state index contributed by atoms with van der Waals surface area (Å²) in [5, 5.41) is 0.482. The second kappa shape index (κ2) is 6.60. The van der Waals surface area contributed by atoms with Gasteiger partial charge in [-0.1, -0.05) is 49.2 Å². The number of rotatable bonds is 4. The molecule has 2 aliphatic rings. The van der Waals surface area contributed by atoms with E-state index >= 15 is 0 Å². The molecular weight excluding hydrogens is 360 g/mol. The topological polar surface area (TPSA) is 84.0 Å². The SMILES string of the molecule is CC(C)[C@H](C(=O)ON1C(=O)c2ccccc2C1=O)N1Cc2ccccc2C1=O. The number of carbonyl (C=O) groups excluding carboxylic acids is 4. The van der Waals surface area contributed by atoms with Gasteiger partial charge in [-0.2, -0.15) is 0 Å². The predicted molar refractivity (Wildman–Crippen MR) is 98.0 cm³/mol. The standard InChI is InChI=1S/C21H18N2O5/c1-12(2)17(22-11-13-7-3-4-8-14(13)18(22)24)21(27)28-23-19(25)15-9-5-6-10-16(15)20(23)26/h3-10,12,17H,11H2,1-2H3/t17-/m1/s1. The molecule has 0 aromatic heterocycles. The number of amides is 3. The fourth-order valence-corrected chi connectivity index (χ4v) is 3.65. The third-order valence-electron chi connectivity index (χ3n) is 5.00. The van der Waals surface area contributed by atoms with Gasteiger partial charge in [0.2, 0.25) is 0 Å². The van der Waals surface area contributed by atoms with E-state index < -0.39 is 23.8 Å². The molecule has 0 radical (unpaired) electrons. The summed E-state index contributed by atoms with van der Waals surface area (Å²) in [6.45, 7) is 3.84. The van der Waals surface area contributed by atoms with E-state index in [0.29, 0.717) is 10.6 Å². The van der Waals surface area contributed by atoms with Crippen LogP contribution < -0.4 is 0 Å². The number of fused-ring (bicyclic) bond motifs is 2. The normalized spacial score (nSPS) is 16.5. The van der Waals surface area contributed by atoms with Crippen molar-refractivity contribution in [1.29, 1.82) is 0 Å². The van der Waals surface area contributed by atoms with Gasteiger partial charge >= 0.3 is 5.97 Å². The quantitative estimate of drug-likeness (QED) is 0.763. The van der Waals surface area contributed by atoms with E-state index in [0.717, 1.165) is 5.56 Å². The van der Waals surface area contributed by atoms with E-state index in [1.54, 1.807) is 38.1 Å². The average molecular weight is 378 g/mol. The van der Waals surface area contributed by atoms with Crippen LogP contribution in [0.2, 0.25) is 0 Å². The number of carbonyl (C=O) groups is 4. The van der Waals surface area contributed by atoms with Gasteiger partial charge in [0.15, 0.2) is 0 Å². The van der Waals surface area contributed by atoms with Crippen molar-refractivity contribution in [2.45, 2.75) is 26.4 Å². The van der Waals surface area contributed by atoms with Crippen molar-refractivity contribution in [2.24, 2.45) is 5.92 Å². The Morgan fingerprint density at radius 1 is 0.857 bits per heavy atom. The molecular formula is C21H18N2O5. The van der Waals surface area contributed by atoms with Crippen molar-refractivity contribution in [3.63, 3.8) is 0 Å². The number of hydrogen-bond donors (Lipinski definition) is 0. The van der Waals surface area contributed by atoms with Crippen molar-refractivity contribution < 1.29 is 24.0 Å². The summed E-state index contributed by atoms with van der Waals surface area (Å²) in [7, 11) is 0. The van der Waals surface area contributed by atoms with Crippen molar-refractivity contribution in [3.05, 3.63) is 70.8 Å². The van der Waals surface area contributed by atoms with E-state index in [-0.39, 0.29) is 29.5 Å². The molecule has 2 aromatic rings. The number of imide groups is 1. The Kier molecular flexibility index (Phi) is 4.22. The van der Waals surface area contributed by atoms with Crippen LogP contribution in [-0.2, 0) is 16.2 Å². The molecule has 0 unspecified atom stereocenters. The van der Waals surface area contributed by atoms with Crippen LogP contribution >= 0.6 is 0 Å². The van der Waals surface area contributed by atoms with Crippen molar-refractivity contribution in [1.82, 2.24) is 9.96 Å². The second-order valence-electron chi connectivity index (χ2n) is 7.14. The van der Waals surface area contributed by atoms with Gasteiger partial charge in [0.05, 0.1) is 11.1 Å². The van der Waals surface area contributed by atoms with Gasteiger partial charge < -0.3 is 9.74 Å². The van der Waals surface area contributed by atoms with E-state index in [1.165, 1.54) is 17.0 Å². The van der Waals surface area contributed by atoms with Gasteiger partial charge in [-0.05, 0) is 29.7 Å². The monoisotopic (exact) mass is 378 g/mol. The lowest BCUT2D eigenvalue weighted by atomic mass is 10.0. The molecule has 7 nitrogen and oxygen atoms in total. The highest BCUT2D eigenvalue weighted by atomic mass is 16.7. The fourth-order valence-electron chi connectivity index (χ4n) is 3.65. The summed E-state index contributed by atoms with van der Waals surface area (Å²) in [4.78, 5) is 57.2. The summed E-state index contributed by atoms with van der Waals surface area (Å²) in [6, 6.07) is 12.5. The molecule has 2 aliphatic heterocycles. The minimum absolute atomic E-state index is 0.186. The maximum Gasteiger partial charge on any atom is 0.355 e. The Morgan fingerprint density at radius 2 is 1.39 bits per heavy atom. The molecule has 0 saturated heterocycles. The Balaban J connectivity index is 1.58. The number of hydroxylamine groups is 2. The van der Waals surface area contributed by atoms with Crippen molar-refractivity contribution >= 4 is 23.7 Å². The van der Waals surface area contributed by atoms with Gasteiger partial charge in [0.1, 0.15) is 6.04 Å². The number of nitrogens with zero attached hydrogens (tertiary/aromatic N) is 2. The molecule has 28 heavy (non-hydrogen) atoms. The maximum atomic E-state index is 12.9. The molecule has 0 spiro atoms. The third kappa shape index (κ3) is 2.67. The summed E-state index contributed by atoms with van der Waals surface area (Å²) < 4.78 is 0. The van der Waals surface area contributed by atoms with Gasteiger partial charge in [-0.25, -0.2) is 4.79 Å². The first-order valence-corrected chi connectivity index (χ1v) is 8.98. The first kappa shape index (κ1) is 17.9. The van der Waals surface area contributed by atoms with Crippen LogP contribution in [0.25, 0.3) is 0 Å². The molecule has 4 rings (SSSR count). The number of benzene rings is 2. The summed E-state index contributed by atoms with van der Waals surface area (Å²) in [5.41, 5.74) is 1.74. The zero-order valence-corrected chi connectivity index (χ0v) is 15.4. The first-order valence-electron chi connectivity index (χ1n) is 8.98. The van der Waals surface area contributed by atoms with Gasteiger partial charge in [-0.15, -0.1) is 0 Å². The Labute approximate surface area is 161 Å². The van der Waals surface area contributed by atoms with Gasteiger partial charge in [-0.3, -0.25) is 14.4 Å². The molecule has 1 atom stereocenters. The molecule has 0 saturated carbocycles. The highest BCUT2D eigenvalue weighted by molar-refractivity contribution is 6.21. The highest BCUT2D eigenvalue weighted by Gasteiger charge is 2.43. The average Bonchev–Trinajstić information content (AvgIpc) is 3.12. The Hall–Kier alpha value is -3.48. The molecule has 2 heterocycles. The summed E-state index contributed by atoms with van der Waals surface area (Å²) in [5.74, 6) is -2.74. The molecule has 142 valence electrons. The third-order valence-corrected chi connectivity index (χ3v) is 5.00. The van der Waals surface area contributed by atoms with E-state index in [4.69, 9.17) is 4.84 Å². The van der Waals surface area contributed by atoms with Crippen LogP contribution in [-0.4, -0.2) is 39.7 Å². The van der Waals surface area contributed by atoms with Crippen molar-refractivity contribution in [2.75, 3.05) is 0 Å². The molecule has 0 aliphatic carbocycles. The van der Waals surface area contributed by atoms with Crippen LogP contribution in [0, 0.1) is 5.92 Å². The first-order chi connectivity index (χ1) is 13.4. The molecule has 0 fully saturated rings. The zero-order chi connectivity index (χ0) is 20.0. The zero-order valence-electron chi connectivity index (χ0n) is 15.4. The Bertz CT molecular complexity index is 978. The molecule has 0 bridgehead atoms. The molecule has 7 heteroatoms. The lowest BCUT2D eigenvalue weighted by Gasteiger charge is -2.29. The molecule has 0 N–H and O–H groups in total. The van der Waals surface area contributed by atoms with Gasteiger partial charge in [0.25, 0.3) is 17.7 Å². The van der Waals surface area contributed by atoms with Crippen LogP contribution in [0.4, 0.5) is 0 Å². The van der Waals surface area contributed by atoms with Crippen LogP contribution in [0.1, 0.15) is 50.5 Å². The predicted octanol–water partition coefficient (Wildman–Crippen LogP) is 2.42. The minimum Gasteiger partial charge on any atom is -0.327 e. The van der Waals surface area contributed by atoms with E-state index in [9.17, 15) is 19.2 Å². The lowest BCUT2D eigenvalue weighted by molar-refractivity contribution is -0.175. The van der Waals surface area contributed by atoms with Gasteiger partial charge in [0, 0.05) is 12.1 Å². The second-order valence-corrected chi connectivity index (χ2v) is 7.14. The van der Waals surface area contributed by atoms with E-state index in [1.807, 2.05) is 12.1 Å². The van der Waals surface area contributed by atoms with Crippen LogP contribution in [0.5, 0.6) is 0 Å². The number of hydrogen-bond acceptors (Lipinski definition) is 5. The maximum absolute atomic E-state index is 12.9. The largest absolute Gasteiger partial charge is 0.355 e. The Morgan fingerprint density at radius 3 is 1.93 bits per heavy atom.